The second-order valence-corrected chi connectivity index (χ2v) is 7.89. The maximum Gasteiger partial charge on any atom is 0.215 e. The molecule has 0 aliphatic carbocycles. The van der Waals surface area contributed by atoms with Gasteiger partial charge in [0.2, 0.25) is 10.0 Å². The number of rotatable bonds is 5. The number of hydrogen-bond donors (Lipinski definition) is 1. The van der Waals surface area contributed by atoms with Gasteiger partial charge in [0.05, 0.1) is 5.75 Å². The average Bonchev–Trinajstić information content (AvgIpc) is 2.84. The maximum absolute atomic E-state index is 12.3. The predicted molar refractivity (Wildman–Crippen MR) is 80.4 cm³/mol. The average molecular weight is 347 g/mol. The van der Waals surface area contributed by atoms with E-state index in [9.17, 15) is 8.42 Å². The Morgan fingerprint density at radius 1 is 1.42 bits per heavy atom. The molecule has 0 saturated carbocycles. The van der Waals surface area contributed by atoms with Crippen molar-refractivity contribution in [1.82, 2.24) is 9.62 Å². The molecule has 0 bridgehead atoms. The Bertz CT molecular complexity index is 527. The Balaban J connectivity index is 2.02. The Hall–Kier alpha value is -0.430. The van der Waals surface area contributed by atoms with Crippen molar-refractivity contribution in [2.45, 2.75) is 25.4 Å². The minimum absolute atomic E-state index is 0.103. The van der Waals surface area contributed by atoms with Gasteiger partial charge >= 0.3 is 0 Å². The molecule has 0 spiro atoms. The molecule has 0 aromatic heterocycles. The molecule has 1 aliphatic heterocycles. The van der Waals surface area contributed by atoms with Gasteiger partial charge in [-0.2, -0.15) is 0 Å². The smallest absolute Gasteiger partial charge is 0.215 e. The second kappa shape index (κ2) is 6.35. The molecule has 1 atom stereocenters. The molecular formula is C13H19BrN2O2S. The zero-order valence-electron chi connectivity index (χ0n) is 11.0. The van der Waals surface area contributed by atoms with Crippen molar-refractivity contribution >= 4 is 26.0 Å². The van der Waals surface area contributed by atoms with E-state index in [1.807, 2.05) is 24.3 Å². The molecule has 4 nitrogen and oxygen atoms in total. The summed E-state index contributed by atoms with van der Waals surface area (Å²) in [5, 5.41) is 3.23. The minimum atomic E-state index is -3.21. The number of sulfonamides is 1. The van der Waals surface area contributed by atoms with Crippen molar-refractivity contribution in [3.05, 3.63) is 34.3 Å². The van der Waals surface area contributed by atoms with E-state index in [1.165, 1.54) is 4.31 Å². The molecule has 1 heterocycles. The lowest BCUT2D eigenvalue weighted by Crippen LogP contribution is -2.37. The van der Waals surface area contributed by atoms with Crippen LogP contribution in [0.15, 0.2) is 28.7 Å². The molecule has 1 aromatic carbocycles. The molecule has 106 valence electrons. The van der Waals surface area contributed by atoms with Crippen LogP contribution < -0.4 is 5.32 Å². The Labute approximate surface area is 123 Å². The molecule has 1 saturated heterocycles. The minimum Gasteiger partial charge on any atom is -0.313 e. The fourth-order valence-corrected chi connectivity index (χ4v) is 4.04. The van der Waals surface area contributed by atoms with Gasteiger partial charge in [-0.15, -0.1) is 0 Å². The lowest BCUT2D eigenvalue weighted by molar-refractivity contribution is 0.459. The SMILES string of the molecule is CN(Cc1ccccc1Br)S(=O)(=O)CC1CCCN1. The summed E-state index contributed by atoms with van der Waals surface area (Å²) < 4.78 is 26.9. The van der Waals surface area contributed by atoms with E-state index in [1.54, 1.807) is 7.05 Å². The van der Waals surface area contributed by atoms with Crippen LogP contribution in [-0.4, -0.2) is 38.1 Å². The summed E-state index contributed by atoms with van der Waals surface area (Å²) in [6.45, 7) is 1.32. The van der Waals surface area contributed by atoms with Crippen LogP contribution in [0.3, 0.4) is 0 Å². The fraction of sp³-hybridized carbons (Fsp3) is 0.538. The van der Waals surface area contributed by atoms with E-state index in [0.29, 0.717) is 6.54 Å². The molecular weight excluding hydrogens is 328 g/mol. The van der Waals surface area contributed by atoms with E-state index in [4.69, 9.17) is 0 Å². The Morgan fingerprint density at radius 3 is 2.79 bits per heavy atom. The van der Waals surface area contributed by atoms with E-state index in [2.05, 4.69) is 21.2 Å². The number of halogens is 1. The first-order chi connectivity index (χ1) is 8.99. The lowest BCUT2D eigenvalue weighted by Gasteiger charge is -2.20. The van der Waals surface area contributed by atoms with Gasteiger partial charge in [-0.05, 0) is 31.0 Å². The van der Waals surface area contributed by atoms with E-state index in [0.717, 1.165) is 29.4 Å². The van der Waals surface area contributed by atoms with Crippen molar-refractivity contribution in [1.29, 1.82) is 0 Å². The third-order valence-electron chi connectivity index (χ3n) is 3.40. The summed E-state index contributed by atoms with van der Waals surface area (Å²) in [7, 11) is -1.57. The van der Waals surface area contributed by atoms with Gasteiger partial charge in [0, 0.05) is 24.1 Å². The quantitative estimate of drug-likeness (QED) is 0.886. The van der Waals surface area contributed by atoms with Crippen molar-refractivity contribution in [2.24, 2.45) is 0 Å². The Kier molecular flexibility index (Phi) is 5.00. The normalized spacial score (nSPS) is 20.1. The molecule has 2 rings (SSSR count). The largest absolute Gasteiger partial charge is 0.313 e. The number of hydrogen-bond acceptors (Lipinski definition) is 3. The van der Waals surface area contributed by atoms with Gasteiger partial charge in [0.25, 0.3) is 0 Å². The highest BCUT2D eigenvalue weighted by atomic mass is 79.9. The number of nitrogens with one attached hydrogen (secondary N) is 1. The number of nitrogens with zero attached hydrogens (tertiary/aromatic N) is 1. The molecule has 6 heteroatoms. The third kappa shape index (κ3) is 4.02. The summed E-state index contributed by atoms with van der Waals surface area (Å²) in [4.78, 5) is 0. The fourth-order valence-electron chi connectivity index (χ4n) is 2.25. The van der Waals surface area contributed by atoms with Crippen LogP contribution in [0.1, 0.15) is 18.4 Å². The third-order valence-corrected chi connectivity index (χ3v) is 6.08. The molecule has 19 heavy (non-hydrogen) atoms. The molecule has 1 aliphatic rings. The first kappa shape index (κ1) is 15.0. The lowest BCUT2D eigenvalue weighted by atomic mass is 10.2. The van der Waals surface area contributed by atoms with E-state index < -0.39 is 10.0 Å². The topological polar surface area (TPSA) is 49.4 Å². The molecule has 0 amide bonds. The Morgan fingerprint density at radius 2 is 2.16 bits per heavy atom. The summed E-state index contributed by atoms with van der Waals surface area (Å²) in [5.41, 5.74) is 0.980. The maximum atomic E-state index is 12.3. The highest BCUT2D eigenvalue weighted by Crippen LogP contribution is 2.19. The van der Waals surface area contributed by atoms with Gasteiger partial charge in [0.15, 0.2) is 0 Å². The highest BCUT2D eigenvalue weighted by Gasteiger charge is 2.25. The molecule has 1 aromatic rings. The zero-order chi connectivity index (χ0) is 13.9. The van der Waals surface area contributed by atoms with Gasteiger partial charge in [-0.1, -0.05) is 34.1 Å². The first-order valence-corrected chi connectivity index (χ1v) is 8.80. The van der Waals surface area contributed by atoms with Crippen LogP contribution in [-0.2, 0) is 16.6 Å². The van der Waals surface area contributed by atoms with Gasteiger partial charge < -0.3 is 5.32 Å². The van der Waals surface area contributed by atoms with Gasteiger partial charge in [-0.25, -0.2) is 12.7 Å². The first-order valence-electron chi connectivity index (χ1n) is 6.40. The predicted octanol–water partition coefficient (Wildman–Crippen LogP) is 1.96. The summed E-state index contributed by atoms with van der Waals surface area (Å²) in [6.07, 6.45) is 2.01. The molecule has 0 radical (unpaired) electrons. The molecule has 1 N–H and O–H groups in total. The zero-order valence-corrected chi connectivity index (χ0v) is 13.4. The van der Waals surface area contributed by atoms with Crippen LogP contribution in [0.5, 0.6) is 0 Å². The summed E-state index contributed by atoms with van der Waals surface area (Å²) in [5.74, 6) is 0.188. The van der Waals surface area contributed by atoms with Crippen molar-refractivity contribution in [2.75, 3.05) is 19.3 Å². The number of benzene rings is 1. The standard InChI is InChI=1S/C13H19BrN2O2S/c1-16(9-11-5-2-3-7-13(11)14)19(17,18)10-12-6-4-8-15-12/h2-3,5,7,12,15H,4,6,8-10H2,1H3. The van der Waals surface area contributed by atoms with Crippen LogP contribution in [0.2, 0.25) is 0 Å². The van der Waals surface area contributed by atoms with Crippen LogP contribution in [0, 0.1) is 0 Å². The second-order valence-electron chi connectivity index (χ2n) is 4.92. The van der Waals surface area contributed by atoms with E-state index >= 15 is 0 Å². The summed E-state index contributed by atoms with van der Waals surface area (Å²) >= 11 is 3.45. The van der Waals surface area contributed by atoms with Crippen molar-refractivity contribution in [3.8, 4) is 0 Å². The monoisotopic (exact) mass is 346 g/mol. The van der Waals surface area contributed by atoms with Crippen molar-refractivity contribution < 1.29 is 8.42 Å². The highest BCUT2D eigenvalue weighted by molar-refractivity contribution is 9.10. The van der Waals surface area contributed by atoms with E-state index in [-0.39, 0.29) is 11.8 Å². The van der Waals surface area contributed by atoms with Crippen LogP contribution in [0.4, 0.5) is 0 Å². The molecule has 1 fully saturated rings. The van der Waals surface area contributed by atoms with Gasteiger partial charge in [0.1, 0.15) is 0 Å². The van der Waals surface area contributed by atoms with Crippen molar-refractivity contribution in [3.63, 3.8) is 0 Å². The van der Waals surface area contributed by atoms with Gasteiger partial charge in [-0.3, -0.25) is 0 Å². The summed E-state index contributed by atoms with van der Waals surface area (Å²) in [6, 6.07) is 7.80. The van der Waals surface area contributed by atoms with Crippen LogP contribution in [0.25, 0.3) is 0 Å². The molecule has 1 unspecified atom stereocenters. The van der Waals surface area contributed by atoms with Crippen LogP contribution >= 0.6 is 15.9 Å².